The molecule has 5 nitrogen and oxygen atoms in total. The second-order valence-corrected chi connectivity index (χ2v) is 7.47. The van der Waals surface area contributed by atoms with E-state index in [0.717, 1.165) is 13.1 Å². The van der Waals surface area contributed by atoms with Gasteiger partial charge < -0.3 is 15.1 Å². The van der Waals surface area contributed by atoms with E-state index in [-0.39, 0.29) is 11.8 Å². The number of carbonyl (C=O) groups is 2. The minimum Gasteiger partial charge on any atom is -0.336 e. The fourth-order valence-electron chi connectivity index (χ4n) is 2.94. The van der Waals surface area contributed by atoms with Crippen LogP contribution < -0.4 is 5.32 Å². The highest BCUT2D eigenvalue weighted by molar-refractivity contribution is 6.35. The van der Waals surface area contributed by atoms with Gasteiger partial charge in [-0.1, -0.05) is 41.4 Å². The maximum Gasteiger partial charge on any atom is 0.256 e. The van der Waals surface area contributed by atoms with E-state index in [1.54, 1.807) is 48.5 Å². The van der Waals surface area contributed by atoms with Crippen molar-refractivity contribution >= 4 is 46.8 Å². The van der Waals surface area contributed by atoms with E-state index < -0.39 is 0 Å². The van der Waals surface area contributed by atoms with Crippen molar-refractivity contribution < 1.29 is 9.59 Å². The average molecular weight is 418 g/mol. The van der Waals surface area contributed by atoms with Crippen molar-refractivity contribution in [1.29, 1.82) is 0 Å². The lowest BCUT2D eigenvalue weighted by Gasteiger charge is -2.32. The monoisotopic (exact) mass is 417 g/mol. The number of anilines is 1. The highest BCUT2D eigenvalue weighted by Crippen LogP contribution is 2.22. The number of carbonyl (C=O) groups excluding carboxylic acids is 2. The summed E-state index contributed by atoms with van der Waals surface area (Å²) in [6.07, 6.45) is 2.99. The van der Waals surface area contributed by atoms with E-state index in [0.29, 0.717) is 39.9 Å². The minimum absolute atomic E-state index is 0.0753. The number of amides is 2. The summed E-state index contributed by atoms with van der Waals surface area (Å²) in [5, 5.41) is 3.78. The Morgan fingerprint density at radius 1 is 1.04 bits per heavy atom. The smallest absolute Gasteiger partial charge is 0.256 e. The summed E-state index contributed by atoms with van der Waals surface area (Å²) in [7, 11) is 2.04. The lowest BCUT2D eigenvalue weighted by molar-refractivity contribution is -0.111. The van der Waals surface area contributed by atoms with Crippen molar-refractivity contribution in [3.8, 4) is 0 Å². The third-order valence-electron chi connectivity index (χ3n) is 4.58. The molecule has 1 aliphatic heterocycles. The van der Waals surface area contributed by atoms with E-state index in [2.05, 4.69) is 10.2 Å². The number of para-hydroxylation sites is 1. The van der Waals surface area contributed by atoms with Gasteiger partial charge in [0.15, 0.2) is 0 Å². The molecule has 1 heterocycles. The molecule has 1 aliphatic rings. The number of likely N-dealkylation sites (N-methyl/N-ethyl adjacent to an activating group) is 1. The number of nitrogens with one attached hydrogen (secondary N) is 1. The molecule has 1 fully saturated rings. The maximum absolute atomic E-state index is 12.9. The number of hydrogen-bond acceptors (Lipinski definition) is 3. The number of nitrogens with zero attached hydrogens (tertiary/aromatic N) is 2. The molecule has 2 aromatic rings. The number of piperazine rings is 1. The highest BCUT2D eigenvalue weighted by Gasteiger charge is 2.22. The molecule has 2 amide bonds. The van der Waals surface area contributed by atoms with E-state index in [1.807, 2.05) is 11.9 Å². The molecule has 0 unspecified atom stereocenters. The third-order valence-corrected chi connectivity index (χ3v) is 5.15. The summed E-state index contributed by atoms with van der Waals surface area (Å²) >= 11 is 12.0. The van der Waals surface area contributed by atoms with Gasteiger partial charge in [-0.15, -0.1) is 0 Å². The average Bonchev–Trinajstić information content (AvgIpc) is 2.68. The third kappa shape index (κ3) is 5.13. The molecule has 2 aromatic carbocycles. The van der Waals surface area contributed by atoms with Gasteiger partial charge in [-0.3, -0.25) is 9.59 Å². The van der Waals surface area contributed by atoms with Crippen LogP contribution in [0, 0.1) is 0 Å². The number of benzene rings is 2. The summed E-state index contributed by atoms with van der Waals surface area (Å²) in [5.74, 6) is -0.418. The molecule has 146 valence electrons. The molecular weight excluding hydrogens is 397 g/mol. The minimum atomic E-state index is -0.343. The zero-order chi connectivity index (χ0) is 20.1. The van der Waals surface area contributed by atoms with Crippen LogP contribution in [-0.4, -0.2) is 54.8 Å². The molecule has 0 saturated carbocycles. The molecule has 0 spiro atoms. The largest absolute Gasteiger partial charge is 0.336 e. The molecular formula is C21H21Cl2N3O2. The summed E-state index contributed by atoms with van der Waals surface area (Å²) in [5.41, 5.74) is 1.66. The Balaban J connectivity index is 1.71. The van der Waals surface area contributed by atoms with Crippen LogP contribution in [0.1, 0.15) is 15.9 Å². The zero-order valence-corrected chi connectivity index (χ0v) is 17.0. The van der Waals surface area contributed by atoms with Gasteiger partial charge in [-0.2, -0.15) is 0 Å². The Hall–Kier alpha value is -2.34. The van der Waals surface area contributed by atoms with Crippen LogP contribution in [0.4, 0.5) is 5.69 Å². The molecule has 0 atom stereocenters. The first-order valence-electron chi connectivity index (χ1n) is 8.95. The van der Waals surface area contributed by atoms with Crippen molar-refractivity contribution in [3.63, 3.8) is 0 Å². The van der Waals surface area contributed by atoms with Crippen molar-refractivity contribution in [2.24, 2.45) is 0 Å². The summed E-state index contributed by atoms with van der Waals surface area (Å²) in [6.45, 7) is 3.02. The van der Waals surface area contributed by atoms with Gasteiger partial charge in [0.2, 0.25) is 5.91 Å². The van der Waals surface area contributed by atoms with Gasteiger partial charge >= 0.3 is 0 Å². The van der Waals surface area contributed by atoms with E-state index >= 15 is 0 Å². The van der Waals surface area contributed by atoms with Crippen LogP contribution in [-0.2, 0) is 4.79 Å². The lowest BCUT2D eigenvalue weighted by Crippen LogP contribution is -2.47. The van der Waals surface area contributed by atoms with Crippen LogP contribution >= 0.6 is 23.2 Å². The van der Waals surface area contributed by atoms with E-state index in [4.69, 9.17) is 23.2 Å². The Bertz CT molecular complexity index is 906. The fraction of sp³-hybridized carbons (Fsp3) is 0.238. The second kappa shape index (κ2) is 9.24. The molecule has 3 rings (SSSR count). The molecule has 1 saturated heterocycles. The van der Waals surface area contributed by atoms with Gasteiger partial charge in [0.25, 0.3) is 5.91 Å². The van der Waals surface area contributed by atoms with Crippen molar-refractivity contribution in [3.05, 3.63) is 69.7 Å². The quantitative estimate of drug-likeness (QED) is 0.763. The van der Waals surface area contributed by atoms with Gasteiger partial charge in [0.1, 0.15) is 0 Å². The van der Waals surface area contributed by atoms with Gasteiger partial charge in [0, 0.05) is 42.3 Å². The second-order valence-electron chi connectivity index (χ2n) is 6.63. The van der Waals surface area contributed by atoms with Gasteiger partial charge in [-0.05, 0) is 43.0 Å². The first kappa shape index (κ1) is 20.4. The standard InChI is InChI=1S/C21H21Cl2N3O2/c1-25-10-12-26(13-11-25)21(28)17-4-2-3-5-19(17)24-20(27)9-7-15-6-8-16(22)14-18(15)23/h2-9,14H,10-13H2,1H3,(H,24,27)/b9-7+. The van der Waals surface area contributed by atoms with Crippen LogP contribution in [0.2, 0.25) is 10.0 Å². The van der Waals surface area contributed by atoms with Crippen LogP contribution in [0.5, 0.6) is 0 Å². The predicted molar refractivity (Wildman–Crippen MR) is 114 cm³/mol. The Morgan fingerprint density at radius 2 is 1.75 bits per heavy atom. The molecule has 0 aromatic heterocycles. The molecule has 7 heteroatoms. The predicted octanol–water partition coefficient (Wildman–Crippen LogP) is 4.03. The first-order chi connectivity index (χ1) is 13.4. The summed E-state index contributed by atoms with van der Waals surface area (Å²) < 4.78 is 0. The zero-order valence-electron chi connectivity index (χ0n) is 15.5. The van der Waals surface area contributed by atoms with Crippen LogP contribution in [0.25, 0.3) is 6.08 Å². The Kier molecular flexibility index (Phi) is 6.73. The molecule has 0 bridgehead atoms. The lowest BCUT2D eigenvalue weighted by atomic mass is 10.1. The Morgan fingerprint density at radius 3 is 2.46 bits per heavy atom. The Labute approximate surface area is 174 Å². The molecule has 28 heavy (non-hydrogen) atoms. The number of halogens is 2. The van der Waals surface area contributed by atoms with Crippen LogP contribution in [0.15, 0.2) is 48.5 Å². The topological polar surface area (TPSA) is 52.6 Å². The van der Waals surface area contributed by atoms with Crippen LogP contribution in [0.3, 0.4) is 0 Å². The summed E-state index contributed by atoms with van der Waals surface area (Å²) in [4.78, 5) is 29.2. The maximum atomic E-state index is 12.9. The number of rotatable bonds is 4. The molecule has 0 aliphatic carbocycles. The van der Waals surface area contributed by atoms with Gasteiger partial charge in [0.05, 0.1) is 11.3 Å². The van der Waals surface area contributed by atoms with Crippen molar-refractivity contribution in [1.82, 2.24) is 9.80 Å². The van der Waals surface area contributed by atoms with E-state index in [1.165, 1.54) is 6.08 Å². The van der Waals surface area contributed by atoms with Crippen molar-refractivity contribution in [2.45, 2.75) is 0 Å². The van der Waals surface area contributed by atoms with Gasteiger partial charge in [-0.25, -0.2) is 0 Å². The van der Waals surface area contributed by atoms with Crippen molar-refractivity contribution in [2.75, 3.05) is 38.5 Å². The SMILES string of the molecule is CN1CCN(C(=O)c2ccccc2NC(=O)/C=C/c2ccc(Cl)cc2Cl)CC1. The molecule has 1 N–H and O–H groups in total. The van der Waals surface area contributed by atoms with E-state index in [9.17, 15) is 9.59 Å². The molecule has 0 radical (unpaired) electrons. The summed E-state index contributed by atoms with van der Waals surface area (Å²) in [6, 6.07) is 12.1. The fourth-order valence-corrected chi connectivity index (χ4v) is 3.41. The first-order valence-corrected chi connectivity index (χ1v) is 9.70. The number of hydrogen-bond donors (Lipinski definition) is 1. The normalized spacial score (nSPS) is 15.0. The highest BCUT2D eigenvalue weighted by atomic mass is 35.5.